The predicted octanol–water partition coefficient (Wildman–Crippen LogP) is 5.89. The second-order valence-electron chi connectivity index (χ2n) is 8.14. The number of carbonyl (C=O) groups excluding carboxylic acids is 1. The predicted molar refractivity (Wildman–Crippen MR) is 139 cm³/mol. The van der Waals surface area contributed by atoms with Gasteiger partial charge in [-0.25, -0.2) is 4.98 Å². The number of benzene rings is 3. The van der Waals surface area contributed by atoms with Crippen molar-refractivity contribution in [1.29, 1.82) is 0 Å². The van der Waals surface area contributed by atoms with Crippen LogP contribution < -0.4 is 15.4 Å². The lowest BCUT2D eigenvalue weighted by Crippen LogP contribution is -2.37. The van der Waals surface area contributed by atoms with Gasteiger partial charge in [-0.3, -0.25) is 10.1 Å². The summed E-state index contributed by atoms with van der Waals surface area (Å²) in [6.07, 6.45) is 0.577. The molecule has 8 heteroatoms. The van der Waals surface area contributed by atoms with E-state index in [4.69, 9.17) is 33.0 Å². The lowest BCUT2D eigenvalue weighted by molar-refractivity contribution is -0.121. The molecule has 4 rings (SSSR count). The first-order valence-corrected chi connectivity index (χ1v) is 11.5. The molecule has 0 atom stereocenters. The van der Waals surface area contributed by atoms with E-state index in [9.17, 15) is 4.79 Å². The van der Waals surface area contributed by atoms with Crippen LogP contribution in [0.15, 0.2) is 59.0 Å². The number of thiocarbonyl (C=S) groups is 1. The topological polar surface area (TPSA) is 76.4 Å². The molecule has 6 nitrogen and oxygen atoms in total. The van der Waals surface area contributed by atoms with Gasteiger partial charge in [0, 0.05) is 12.1 Å². The lowest BCUT2D eigenvalue weighted by atomic mass is 10.1. The van der Waals surface area contributed by atoms with Gasteiger partial charge in [0.1, 0.15) is 11.3 Å². The maximum Gasteiger partial charge on any atom is 0.264 e. The van der Waals surface area contributed by atoms with Gasteiger partial charge in [-0.05, 0) is 85.6 Å². The highest BCUT2D eigenvalue weighted by Crippen LogP contribution is 2.29. The molecule has 0 aliphatic heterocycles. The van der Waals surface area contributed by atoms with E-state index in [-0.39, 0.29) is 17.6 Å². The third kappa shape index (κ3) is 5.92. The van der Waals surface area contributed by atoms with Crippen LogP contribution in [-0.2, 0) is 11.2 Å². The number of hydrogen-bond donors (Lipinski definition) is 2. The molecule has 1 amide bonds. The molecule has 0 bridgehead atoms. The molecular weight excluding hydrogens is 470 g/mol. The Morgan fingerprint density at radius 2 is 1.82 bits per heavy atom. The average molecular weight is 494 g/mol. The number of fused-ring (bicyclic) bond motifs is 1. The molecule has 0 radical (unpaired) electrons. The molecule has 0 saturated carbocycles. The van der Waals surface area contributed by atoms with Gasteiger partial charge in [-0.1, -0.05) is 35.9 Å². The van der Waals surface area contributed by atoms with Crippen molar-refractivity contribution in [2.75, 3.05) is 11.9 Å². The number of ether oxygens (including phenoxy) is 1. The Morgan fingerprint density at radius 1 is 1.06 bits per heavy atom. The number of halogens is 1. The number of nitrogens with zero attached hydrogens (tertiary/aromatic N) is 1. The van der Waals surface area contributed by atoms with Gasteiger partial charge in [-0.2, -0.15) is 0 Å². The second kappa shape index (κ2) is 10.2. The summed E-state index contributed by atoms with van der Waals surface area (Å²) in [5.41, 5.74) is 6.47. The Balaban J connectivity index is 1.28. The molecule has 174 valence electrons. The highest BCUT2D eigenvalue weighted by molar-refractivity contribution is 7.80. The number of hydrogen-bond acceptors (Lipinski definition) is 5. The van der Waals surface area contributed by atoms with Crippen LogP contribution in [0.2, 0.25) is 5.02 Å². The first kappa shape index (κ1) is 23.7. The van der Waals surface area contributed by atoms with Crippen LogP contribution >= 0.6 is 23.8 Å². The van der Waals surface area contributed by atoms with Crippen molar-refractivity contribution in [3.63, 3.8) is 0 Å². The molecule has 0 fully saturated rings. The molecule has 4 aromatic rings. The number of oxazole rings is 1. The van der Waals surface area contributed by atoms with Gasteiger partial charge in [0.25, 0.3) is 5.91 Å². The largest absolute Gasteiger partial charge is 0.482 e. The Labute approximate surface area is 208 Å². The number of aromatic nitrogens is 1. The van der Waals surface area contributed by atoms with E-state index in [0.717, 1.165) is 39.0 Å². The standard InChI is InChI=1S/C26H24ClN3O3S/c1-15-4-9-22-21(12-15)29-24(33-22)13-18-5-7-19(8-6-18)28-26(34)30-23(31)14-32-25-17(3)10-16(2)11-20(25)27/h4-12H,13-14H2,1-3H3,(H2,28,30,31,34). The zero-order chi connectivity index (χ0) is 24.2. The first-order valence-electron chi connectivity index (χ1n) is 10.7. The van der Waals surface area contributed by atoms with Gasteiger partial charge in [0.15, 0.2) is 23.2 Å². The van der Waals surface area contributed by atoms with E-state index < -0.39 is 0 Å². The van der Waals surface area contributed by atoms with Crippen LogP contribution in [0.1, 0.15) is 28.1 Å². The minimum absolute atomic E-state index is 0.183. The maximum atomic E-state index is 12.2. The molecular formula is C26H24ClN3O3S. The molecule has 3 aromatic carbocycles. The Kier molecular flexibility index (Phi) is 7.14. The quantitative estimate of drug-likeness (QED) is 0.326. The number of carbonyl (C=O) groups is 1. The van der Waals surface area contributed by atoms with Crippen LogP contribution in [0.3, 0.4) is 0 Å². The van der Waals surface area contributed by atoms with Gasteiger partial charge < -0.3 is 14.5 Å². The fourth-order valence-corrected chi connectivity index (χ4v) is 4.20. The minimum atomic E-state index is -0.378. The summed E-state index contributed by atoms with van der Waals surface area (Å²) >= 11 is 11.5. The van der Waals surface area contributed by atoms with Gasteiger partial charge in [0.05, 0.1) is 5.02 Å². The molecule has 1 heterocycles. The number of aryl methyl sites for hydroxylation is 3. The smallest absolute Gasteiger partial charge is 0.264 e. The zero-order valence-electron chi connectivity index (χ0n) is 19.1. The summed E-state index contributed by atoms with van der Waals surface area (Å²) in [5, 5.41) is 6.26. The summed E-state index contributed by atoms with van der Waals surface area (Å²) in [7, 11) is 0. The Bertz CT molecular complexity index is 1340. The summed E-state index contributed by atoms with van der Waals surface area (Å²) in [5.74, 6) is 0.773. The summed E-state index contributed by atoms with van der Waals surface area (Å²) in [6.45, 7) is 5.66. The number of anilines is 1. The van der Waals surface area contributed by atoms with E-state index in [1.807, 2.05) is 69.3 Å². The van der Waals surface area contributed by atoms with E-state index in [0.29, 0.717) is 23.1 Å². The highest BCUT2D eigenvalue weighted by Gasteiger charge is 2.11. The van der Waals surface area contributed by atoms with Gasteiger partial charge in [-0.15, -0.1) is 0 Å². The second-order valence-corrected chi connectivity index (χ2v) is 8.95. The fraction of sp³-hybridized carbons (Fsp3) is 0.192. The summed E-state index contributed by atoms with van der Waals surface area (Å²) < 4.78 is 11.4. The molecule has 2 N–H and O–H groups in total. The van der Waals surface area contributed by atoms with Crippen LogP contribution in [0.4, 0.5) is 5.69 Å². The average Bonchev–Trinajstić information content (AvgIpc) is 3.15. The van der Waals surface area contributed by atoms with Crippen molar-refractivity contribution in [3.8, 4) is 5.75 Å². The molecule has 0 unspecified atom stereocenters. The normalized spacial score (nSPS) is 10.8. The van der Waals surface area contributed by atoms with Crippen molar-refractivity contribution in [2.24, 2.45) is 0 Å². The molecule has 34 heavy (non-hydrogen) atoms. The summed E-state index contributed by atoms with van der Waals surface area (Å²) in [4.78, 5) is 16.8. The van der Waals surface area contributed by atoms with Gasteiger partial charge >= 0.3 is 0 Å². The van der Waals surface area contributed by atoms with Crippen LogP contribution in [0, 0.1) is 20.8 Å². The molecule has 0 saturated heterocycles. The fourth-order valence-electron chi connectivity index (χ4n) is 3.59. The lowest BCUT2D eigenvalue weighted by Gasteiger charge is -2.13. The van der Waals surface area contributed by atoms with Crippen LogP contribution in [-0.4, -0.2) is 22.6 Å². The first-order chi connectivity index (χ1) is 16.3. The van der Waals surface area contributed by atoms with Crippen molar-refractivity contribution in [2.45, 2.75) is 27.2 Å². The minimum Gasteiger partial charge on any atom is -0.482 e. The molecule has 0 aliphatic carbocycles. The van der Waals surface area contributed by atoms with Crippen LogP contribution in [0.25, 0.3) is 11.1 Å². The number of amides is 1. The van der Waals surface area contributed by atoms with E-state index in [1.165, 1.54) is 0 Å². The van der Waals surface area contributed by atoms with Gasteiger partial charge in [0.2, 0.25) is 0 Å². The van der Waals surface area contributed by atoms with Crippen molar-refractivity contribution in [1.82, 2.24) is 10.3 Å². The van der Waals surface area contributed by atoms with Crippen molar-refractivity contribution < 1.29 is 13.9 Å². The zero-order valence-corrected chi connectivity index (χ0v) is 20.6. The monoisotopic (exact) mass is 493 g/mol. The molecule has 1 aromatic heterocycles. The van der Waals surface area contributed by atoms with E-state index in [1.54, 1.807) is 6.07 Å². The van der Waals surface area contributed by atoms with Crippen molar-refractivity contribution >= 4 is 51.6 Å². The Hall–Kier alpha value is -3.42. The van der Waals surface area contributed by atoms with E-state index in [2.05, 4.69) is 15.6 Å². The Morgan fingerprint density at radius 3 is 2.56 bits per heavy atom. The molecule has 0 aliphatic rings. The third-order valence-electron chi connectivity index (χ3n) is 5.13. The summed E-state index contributed by atoms with van der Waals surface area (Å²) in [6, 6.07) is 17.4. The SMILES string of the molecule is Cc1cc(C)c(OCC(=O)NC(=S)Nc2ccc(Cc3nc4cc(C)ccc4o3)cc2)c(Cl)c1. The van der Waals surface area contributed by atoms with Crippen LogP contribution in [0.5, 0.6) is 5.75 Å². The third-order valence-corrected chi connectivity index (χ3v) is 5.61. The molecule has 0 spiro atoms. The number of rotatable bonds is 6. The van der Waals surface area contributed by atoms with E-state index >= 15 is 0 Å². The maximum absolute atomic E-state index is 12.2. The highest BCUT2D eigenvalue weighted by atomic mass is 35.5. The number of nitrogens with one attached hydrogen (secondary N) is 2. The van der Waals surface area contributed by atoms with Crippen molar-refractivity contribution in [3.05, 3.63) is 87.8 Å².